The van der Waals surface area contributed by atoms with Crippen molar-refractivity contribution in [1.29, 1.82) is 0 Å². The summed E-state index contributed by atoms with van der Waals surface area (Å²) in [6.07, 6.45) is 8.02. The van der Waals surface area contributed by atoms with Crippen LogP contribution in [0.2, 0.25) is 0 Å². The lowest BCUT2D eigenvalue weighted by Crippen LogP contribution is -2.46. The highest BCUT2D eigenvalue weighted by atomic mass is 32.2. The molecule has 0 radical (unpaired) electrons. The number of amides is 1. The van der Waals surface area contributed by atoms with Crippen molar-refractivity contribution in [3.63, 3.8) is 0 Å². The second-order valence-electron chi connectivity index (χ2n) is 6.47. The normalized spacial score (nSPS) is 16.6. The Bertz CT molecular complexity index is 898. The maximum Gasteiger partial charge on any atom is 0.244 e. The van der Waals surface area contributed by atoms with Gasteiger partial charge < -0.3 is 5.32 Å². The van der Waals surface area contributed by atoms with Gasteiger partial charge in [-0.15, -0.1) is 0 Å². The fourth-order valence-corrected chi connectivity index (χ4v) is 4.16. The van der Waals surface area contributed by atoms with E-state index in [4.69, 9.17) is 0 Å². The van der Waals surface area contributed by atoms with E-state index in [1.165, 1.54) is 10.4 Å². The Morgan fingerprint density at radius 1 is 1.26 bits per heavy atom. The third-order valence-corrected chi connectivity index (χ3v) is 6.49. The summed E-state index contributed by atoms with van der Waals surface area (Å²) in [6, 6.07) is 9.74. The van der Waals surface area contributed by atoms with Crippen LogP contribution in [0.3, 0.4) is 0 Å². The molecule has 7 nitrogen and oxygen atoms in total. The molecule has 1 amide bonds. The second-order valence-corrected chi connectivity index (χ2v) is 8.73. The van der Waals surface area contributed by atoms with E-state index in [1.54, 1.807) is 23.9 Å². The topological polar surface area (TPSA) is 84.3 Å². The minimum Gasteiger partial charge on any atom is -0.350 e. The third kappa shape index (κ3) is 5.05. The molecule has 8 heteroatoms. The minimum atomic E-state index is -3.14. The van der Waals surface area contributed by atoms with Crippen molar-refractivity contribution in [3.05, 3.63) is 54.4 Å². The second kappa shape index (κ2) is 8.49. The zero-order valence-corrected chi connectivity index (χ0v) is 16.1. The summed E-state index contributed by atoms with van der Waals surface area (Å²) in [5.74, 6) is -0.0667. The summed E-state index contributed by atoms with van der Waals surface area (Å²) in [5.41, 5.74) is 1.79. The van der Waals surface area contributed by atoms with Crippen LogP contribution in [-0.4, -0.2) is 53.3 Å². The molecule has 144 valence electrons. The first kappa shape index (κ1) is 19.3. The van der Waals surface area contributed by atoms with Crippen LogP contribution in [-0.2, 0) is 14.8 Å². The molecule has 2 aromatic rings. The Labute approximate surface area is 159 Å². The van der Waals surface area contributed by atoms with Crippen molar-refractivity contribution in [1.82, 2.24) is 19.4 Å². The van der Waals surface area contributed by atoms with Gasteiger partial charge in [-0.25, -0.2) is 17.4 Å². The number of hydrogen-bond donors (Lipinski definition) is 1. The van der Waals surface area contributed by atoms with Crippen LogP contribution < -0.4 is 5.32 Å². The molecular weight excluding hydrogens is 364 g/mol. The number of nitrogens with one attached hydrogen (secondary N) is 1. The van der Waals surface area contributed by atoms with Crippen LogP contribution in [0.1, 0.15) is 25.3 Å². The van der Waals surface area contributed by atoms with Crippen LogP contribution in [0.25, 0.3) is 11.8 Å². The lowest BCUT2D eigenvalue weighted by Gasteiger charge is -2.31. The molecule has 3 rings (SSSR count). The van der Waals surface area contributed by atoms with Gasteiger partial charge in [0.25, 0.3) is 0 Å². The molecule has 0 saturated carbocycles. The number of hydrogen-bond acceptors (Lipinski definition) is 4. The Hall–Kier alpha value is -2.45. The first-order valence-electron chi connectivity index (χ1n) is 9.04. The molecule has 1 N–H and O–H groups in total. The van der Waals surface area contributed by atoms with E-state index in [0.717, 1.165) is 11.3 Å². The highest BCUT2D eigenvalue weighted by Crippen LogP contribution is 2.14. The average Bonchev–Trinajstić information content (AvgIpc) is 3.17. The monoisotopic (exact) mass is 388 g/mol. The molecule has 0 atom stereocenters. The average molecular weight is 388 g/mol. The lowest BCUT2D eigenvalue weighted by molar-refractivity contribution is -0.117. The highest BCUT2D eigenvalue weighted by molar-refractivity contribution is 7.89. The van der Waals surface area contributed by atoms with E-state index >= 15 is 0 Å². The molecule has 27 heavy (non-hydrogen) atoms. The van der Waals surface area contributed by atoms with Gasteiger partial charge in [-0.1, -0.05) is 18.2 Å². The van der Waals surface area contributed by atoms with Crippen LogP contribution in [0.15, 0.2) is 48.8 Å². The number of carbonyl (C=O) groups is 1. The van der Waals surface area contributed by atoms with Gasteiger partial charge in [0.2, 0.25) is 15.9 Å². The van der Waals surface area contributed by atoms with E-state index in [1.807, 2.05) is 36.5 Å². The van der Waals surface area contributed by atoms with E-state index in [9.17, 15) is 13.2 Å². The molecule has 0 unspecified atom stereocenters. The van der Waals surface area contributed by atoms with Gasteiger partial charge in [-0.2, -0.15) is 5.10 Å². The quantitative estimate of drug-likeness (QED) is 0.765. The first-order chi connectivity index (χ1) is 13.0. The van der Waals surface area contributed by atoms with Crippen molar-refractivity contribution < 1.29 is 13.2 Å². The Morgan fingerprint density at radius 2 is 1.96 bits per heavy atom. The molecule has 1 aliphatic heterocycles. The summed E-state index contributed by atoms with van der Waals surface area (Å²) in [5, 5.41) is 7.23. The SMILES string of the molecule is CCS(=O)(=O)N1CCC(NC(=O)C=Cc2cnn(-c3ccccc3)c2)CC1. The number of sulfonamides is 1. The van der Waals surface area contributed by atoms with Crippen molar-refractivity contribution in [2.75, 3.05) is 18.8 Å². The molecule has 1 aromatic carbocycles. The molecule has 1 saturated heterocycles. The number of aromatic nitrogens is 2. The zero-order chi connectivity index (χ0) is 19.3. The summed E-state index contributed by atoms with van der Waals surface area (Å²) < 4.78 is 27.0. The largest absolute Gasteiger partial charge is 0.350 e. The maximum absolute atomic E-state index is 12.1. The molecule has 1 fully saturated rings. The van der Waals surface area contributed by atoms with Gasteiger partial charge in [0, 0.05) is 37.0 Å². The third-order valence-electron chi connectivity index (χ3n) is 4.61. The first-order valence-corrected chi connectivity index (χ1v) is 10.7. The number of rotatable bonds is 6. The van der Waals surface area contributed by atoms with Crippen LogP contribution >= 0.6 is 0 Å². The van der Waals surface area contributed by atoms with Crippen molar-refractivity contribution in [2.45, 2.75) is 25.8 Å². The van der Waals surface area contributed by atoms with Crippen LogP contribution in [0.5, 0.6) is 0 Å². The summed E-state index contributed by atoms with van der Waals surface area (Å²) >= 11 is 0. The number of piperidine rings is 1. The van der Waals surface area contributed by atoms with E-state index in [2.05, 4.69) is 10.4 Å². The predicted molar refractivity (Wildman–Crippen MR) is 105 cm³/mol. The van der Waals surface area contributed by atoms with Gasteiger partial charge in [-0.05, 0) is 38.0 Å². The lowest BCUT2D eigenvalue weighted by atomic mass is 10.1. The summed E-state index contributed by atoms with van der Waals surface area (Å²) in [4.78, 5) is 12.1. The Morgan fingerprint density at radius 3 is 2.63 bits per heavy atom. The molecule has 1 aliphatic rings. The maximum atomic E-state index is 12.1. The van der Waals surface area contributed by atoms with Gasteiger partial charge in [-0.3, -0.25) is 4.79 Å². The van der Waals surface area contributed by atoms with Crippen molar-refractivity contribution in [2.24, 2.45) is 0 Å². The summed E-state index contributed by atoms with van der Waals surface area (Å²) in [6.45, 7) is 2.55. The van der Waals surface area contributed by atoms with Crippen molar-refractivity contribution >= 4 is 22.0 Å². The van der Waals surface area contributed by atoms with Gasteiger partial charge in [0.1, 0.15) is 0 Å². The van der Waals surface area contributed by atoms with Gasteiger partial charge in [0.15, 0.2) is 0 Å². The molecular formula is C19H24N4O3S. The smallest absolute Gasteiger partial charge is 0.244 e. The van der Waals surface area contributed by atoms with Gasteiger partial charge in [0.05, 0.1) is 17.6 Å². The molecule has 1 aromatic heterocycles. The summed E-state index contributed by atoms with van der Waals surface area (Å²) in [7, 11) is -3.14. The number of carbonyl (C=O) groups excluding carboxylic acids is 1. The van der Waals surface area contributed by atoms with E-state index in [0.29, 0.717) is 25.9 Å². The number of nitrogens with zero attached hydrogens (tertiary/aromatic N) is 3. The number of benzene rings is 1. The fourth-order valence-electron chi connectivity index (χ4n) is 3.03. The Balaban J connectivity index is 1.51. The van der Waals surface area contributed by atoms with Crippen LogP contribution in [0, 0.1) is 0 Å². The standard InChI is InChI=1S/C19H24N4O3S/c1-2-27(25,26)22-12-10-17(11-13-22)21-19(24)9-8-16-14-20-23(15-16)18-6-4-3-5-7-18/h3-9,14-15,17H,2,10-13H2,1H3,(H,21,24). The highest BCUT2D eigenvalue weighted by Gasteiger charge is 2.26. The fraction of sp³-hybridized carbons (Fsp3) is 0.368. The minimum absolute atomic E-state index is 0.00232. The number of para-hydroxylation sites is 1. The molecule has 0 spiro atoms. The molecule has 0 aliphatic carbocycles. The van der Waals surface area contributed by atoms with E-state index in [-0.39, 0.29) is 17.7 Å². The zero-order valence-electron chi connectivity index (χ0n) is 15.3. The Kier molecular flexibility index (Phi) is 6.08. The van der Waals surface area contributed by atoms with E-state index < -0.39 is 10.0 Å². The van der Waals surface area contributed by atoms with Gasteiger partial charge >= 0.3 is 0 Å². The molecule has 2 heterocycles. The molecule has 0 bridgehead atoms. The predicted octanol–water partition coefficient (Wildman–Crippen LogP) is 1.82. The van der Waals surface area contributed by atoms with Crippen molar-refractivity contribution in [3.8, 4) is 5.69 Å². The van der Waals surface area contributed by atoms with Crippen LogP contribution in [0.4, 0.5) is 0 Å².